The molecule has 1 amide bonds. The van der Waals surface area contributed by atoms with E-state index < -0.39 is 34.9 Å². The van der Waals surface area contributed by atoms with Gasteiger partial charge in [0, 0.05) is 6.07 Å². The largest absolute Gasteiger partial charge is 0.494 e. The number of rotatable bonds is 4. The molecule has 9 heteroatoms. The average Bonchev–Trinajstić information content (AvgIpc) is 2.64. The number of amides is 1. The van der Waals surface area contributed by atoms with E-state index in [2.05, 4.69) is 10.3 Å². The van der Waals surface area contributed by atoms with E-state index >= 15 is 0 Å². The van der Waals surface area contributed by atoms with Gasteiger partial charge in [-0.25, -0.2) is 18.6 Å². The number of nitrogens with zero attached hydrogens (tertiary/aromatic N) is 2. The molecule has 3 aromatic rings. The van der Waals surface area contributed by atoms with Crippen molar-refractivity contribution in [1.82, 2.24) is 14.9 Å². The van der Waals surface area contributed by atoms with Gasteiger partial charge in [0.2, 0.25) is 0 Å². The third kappa shape index (κ3) is 4.82. The first-order valence-electron chi connectivity index (χ1n) is 9.56. The molecule has 7 nitrogen and oxygen atoms in total. The van der Waals surface area contributed by atoms with Crippen LogP contribution in [0.2, 0.25) is 0 Å². The molecule has 1 heterocycles. The maximum Gasteiger partial charge on any atom is 0.408 e. The fourth-order valence-corrected chi connectivity index (χ4v) is 3.12. The number of fused-ring (bicyclic) bond motifs is 1. The first-order chi connectivity index (χ1) is 14.5. The van der Waals surface area contributed by atoms with Gasteiger partial charge >= 0.3 is 6.09 Å². The van der Waals surface area contributed by atoms with Crippen molar-refractivity contribution in [3.8, 4) is 11.4 Å². The Morgan fingerprint density at radius 2 is 1.81 bits per heavy atom. The van der Waals surface area contributed by atoms with Crippen molar-refractivity contribution in [1.29, 1.82) is 0 Å². The normalized spacial score (nSPS) is 12.5. The zero-order chi connectivity index (χ0) is 22.9. The van der Waals surface area contributed by atoms with Crippen LogP contribution < -0.4 is 15.6 Å². The molecule has 0 aliphatic rings. The summed E-state index contributed by atoms with van der Waals surface area (Å²) in [6.07, 6.45) is -0.730. The lowest BCUT2D eigenvalue weighted by Gasteiger charge is -2.23. The number of hydrogen-bond acceptors (Lipinski definition) is 5. The molecule has 0 bridgehead atoms. The lowest BCUT2D eigenvalue weighted by atomic mass is 10.2. The predicted octanol–water partition coefficient (Wildman–Crippen LogP) is 4.26. The van der Waals surface area contributed by atoms with Crippen LogP contribution in [-0.2, 0) is 4.74 Å². The zero-order valence-corrected chi connectivity index (χ0v) is 17.8. The number of para-hydroxylation sites is 1. The predicted molar refractivity (Wildman–Crippen MR) is 112 cm³/mol. The van der Waals surface area contributed by atoms with E-state index in [1.807, 2.05) is 0 Å². The molecule has 1 unspecified atom stereocenters. The van der Waals surface area contributed by atoms with Crippen LogP contribution in [0.15, 0.2) is 41.2 Å². The van der Waals surface area contributed by atoms with Gasteiger partial charge in [0.05, 0.1) is 24.2 Å². The van der Waals surface area contributed by atoms with Gasteiger partial charge in [0.25, 0.3) is 5.56 Å². The SMILES string of the molecule is COc1cccc2c(=O)n(-c3cc(F)cc(F)c3)c(C(C)NC(=O)OC(C)(C)C)nc12. The Balaban J connectivity index is 2.24. The summed E-state index contributed by atoms with van der Waals surface area (Å²) in [4.78, 5) is 30.1. The third-order valence-corrected chi connectivity index (χ3v) is 4.33. The number of methoxy groups -OCH3 is 1. The number of halogens is 2. The van der Waals surface area contributed by atoms with Crippen LogP contribution in [0.4, 0.5) is 13.6 Å². The van der Waals surface area contributed by atoms with Gasteiger partial charge in [-0.2, -0.15) is 0 Å². The first-order valence-corrected chi connectivity index (χ1v) is 9.56. The average molecular weight is 431 g/mol. The van der Waals surface area contributed by atoms with Crippen LogP contribution in [0.25, 0.3) is 16.6 Å². The fourth-order valence-electron chi connectivity index (χ4n) is 3.12. The number of alkyl carbamates (subject to hydrolysis) is 1. The Morgan fingerprint density at radius 1 is 1.16 bits per heavy atom. The molecular formula is C22H23F2N3O4. The van der Waals surface area contributed by atoms with Crippen molar-refractivity contribution >= 4 is 17.0 Å². The molecule has 0 saturated heterocycles. The molecule has 2 aromatic carbocycles. The lowest BCUT2D eigenvalue weighted by molar-refractivity contribution is 0.0505. The Hall–Kier alpha value is -3.49. The van der Waals surface area contributed by atoms with E-state index in [9.17, 15) is 18.4 Å². The molecule has 31 heavy (non-hydrogen) atoms. The molecule has 0 spiro atoms. The number of hydrogen-bond donors (Lipinski definition) is 1. The maximum atomic E-state index is 13.9. The van der Waals surface area contributed by atoms with Crippen LogP contribution in [0.5, 0.6) is 5.75 Å². The summed E-state index contributed by atoms with van der Waals surface area (Å²) in [7, 11) is 1.44. The second-order valence-corrected chi connectivity index (χ2v) is 7.96. The van der Waals surface area contributed by atoms with Crippen molar-refractivity contribution in [3.63, 3.8) is 0 Å². The summed E-state index contributed by atoms with van der Waals surface area (Å²) >= 11 is 0. The van der Waals surface area contributed by atoms with Crippen LogP contribution in [-0.4, -0.2) is 28.4 Å². The van der Waals surface area contributed by atoms with Gasteiger partial charge < -0.3 is 14.8 Å². The summed E-state index contributed by atoms with van der Waals surface area (Å²) in [5.41, 5.74) is -1.11. The minimum absolute atomic E-state index is 0.0536. The molecule has 1 aromatic heterocycles. The quantitative estimate of drug-likeness (QED) is 0.668. The van der Waals surface area contributed by atoms with Crippen LogP contribution >= 0.6 is 0 Å². The number of benzene rings is 2. The molecule has 164 valence electrons. The van der Waals surface area contributed by atoms with Gasteiger partial charge in [0.15, 0.2) is 0 Å². The standard InChI is InChI=1S/C22H23F2N3O4/c1-12(25-21(29)31-22(2,3)4)19-26-18-16(7-6-8-17(18)30-5)20(28)27(19)15-10-13(23)9-14(24)11-15/h6-12H,1-5H3,(H,25,29). The van der Waals surface area contributed by atoms with Crippen LogP contribution in [0.1, 0.15) is 39.6 Å². The van der Waals surface area contributed by atoms with Gasteiger partial charge in [0.1, 0.15) is 34.3 Å². The van der Waals surface area contributed by atoms with Crippen molar-refractivity contribution in [2.24, 2.45) is 0 Å². The molecule has 0 fully saturated rings. The second-order valence-electron chi connectivity index (χ2n) is 7.96. The van der Waals surface area contributed by atoms with Gasteiger partial charge in [-0.15, -0.1) is 0 Å². The highest BCUT2D eigenvalue weighted by Crippen LogP contribution is 2.25. The smallest absolute Gasteiger partial charge is 0.408 e. The summed E-state index contributed by atoms with van der Waals surface area (Å²) < 4.78 is 39.5. The van der Waals surface area contributed by atoms with Gasteiger partial charge in [-0.3, -0.25) is 9.36 Å². The fraction of sp³-hybridized carbons (Fsp3) is 0.318. The molecule has 0 radical (unpaired) electrons. The Morgan fingerprint density at radius 3 is 2.39 bits per heavy atom. The molecular weight excluding hydrogens is 408 g/mol. The van der Waals surface area contributed by atoms with Crippen LogP contribution in [0, 0.1) is 11.6 Å². The minimum Gasteiger partial charge on any atom is -0.494 e. The van der Waals surface area contributed by atoms with E-state index in [1.165, 1.54) is 13.2 Å². The van der Waals surface area contributed by atoms with Crippen molar-refractivity contribution in [3.05, 3.63) is 64.2 Å². The molecule has 0 saturated carbocycles. The van der Waals surface area contributed by atoms with Crippen LogP contribution in [0.3, 0.4) is 0 Å². The molecule has 1 atom stereocenters. The van der Waals surface area contributed by atoms with E-state index in [0.717, 1.165) is 16.7 Å². The highest BCUT2D eigenvalue weighted by Gasteiger charge is 2.24. The highest BCUT2D eigenvalue weighted by atomic mass is 19.1. The monoisotopic (exact) mass is 431 g/mol. The lowest BCUT2D eigenvalue weighted by Crippen LogP contribution is -2.37. The molecule has 0 aliphatic carbocycles. The van der Waals surface area contributed by atoms with E-state index in [1.54, 1.807) is 39.8 Å². The van der Waals surface area contributed by atoms with E-state index in [4.69, 9.17) is 9.47 Å². The number of carbonyl (C=O) groups excluding carboxylic acids is 1. The van der Waals surface area contributed by atoms with Crippen molar-refractivity contribution < 1.29 is 23.0 Å². The minimum atomic E-state index is -0.855. The maximum absolute atomic E-state index is 13.9. The number of nitrogens with one attached hydrogen (secondary N) is 1. The number of ether oxygens (including phenoxy) is 2. The first kappa shape index (κ1) is 22.2. The highest BCUT2D eigenvalue weighted by molar-refractivity contribution is 5.84. The number of carbonyl (C=O) groups is 1. The van der Waals surface area contributed by atoms with Crippen molar-refractivity contribution in [2.75, 3.05) is 7.11 Å². The van der Waals surface area contributed by atoms with Gasteiger partial charge in [-0.1, -0.05) is 6.07 Å². The third-order valence-electron chi connectivity index (χ3n) is 4.33. The number of aromatic nitrogens is 2. The topological polar surface area (TPSA) is 82.5 Å². The second kappa shape index (κ2) is 8.33. The van der Waals surface area contributed by atoms with E-state index in [0.29, 0.717) is 11.8 Å². The molecule has 3 rings (SSSR count). The summed E-state index contributed by atoms with van der Waals surface area (Å²) in [5.74, 6) is -1.31. The Kier molecular flexibility index (Phi) is 5.97. The summed E-state index contributed by atoms with van der Waals surface area (Å²) in [6.45, 7) is 6.71. The summed E-state index contributed by atoms with van der Waals surface area (Å²) in [5, 5.41) is 2.80. The molecule has 0 aliphatic heterocycles. The zero-order valence-electron chi connectivity index (χ0n) is 17.8. The van der Waals surface area contributed by atoms with Crippen molar-refractivity contribution in [2.45, 2.75) is 39.3 Å². The van der Waals surface area contributed by atoms with E-state index in [-0.39, 0.29) is 22.4 Å². The summed E-state index contributed by atoms with van der Waals surface area (Å²) in [6, 6.07) is 6.68. The molecule has 1 N–H and O–H groups in total. The van der Waals surface area contributed by atoms with Gasteiger partial charge in [-0.05, 0) is 52.0 Å². The Labute approximate surface area is 177 Å². The Bertz CT molecular complexity index is 1180.